The van der Waals surface area contributed by atoms with Crippen molar-refractivity contribution in [2.45, 2.75) is 13.8 Å². The minimum absolute atomic E-state index is 0.0606. The van der Waals surface area contributed by atoms with E-state index in [1.807, 2.05) is 26.0 Å². The molecule has 2 heterocycles. The van der Waals surface area contributed by atoms with Crippen molar-refractivity contribution < 1.29 is 4.79 Å². The Hall–Kier alpha value is -1.68. The third kappa shape index (κ3) is 2.28. The van der Waals surface area contributed by atoms with Crippen LogP contribution in [0.5, 0.6) is 0 Å². The van der Waals surface area contributed by atoms with Crippen LogP contribution in [0.3, 0.4) is 0 Å². The quantitative estimate of drug-likeness (QED) is 0.733. The van der Waals surface area contributed by atoms with Crippen LogP contribution in [0.4, 0.5) is 5.82 Å². The number of pyridine rings is 1. The minimum atomic E-state index is -0.0606. The first kappa shape index (κ1) is 10.8. The standard InChI is InChI=1S/C12H15N3O/c1-8-3-4-14-11(5-8)15-12(16)9(2)10-6-13-7-10/h3-5,13H,6-7H2,1-2H3,(H,14,15,16). The van der Waals surface area contributed by atoms with Gasteiger partial charge in [0.25, 0.3) is 5.91 Å². The van der Waals surface area contributed by atoms with Gasteiger partial charge in [-0.1, -0.05) is 0 Å². The number of hydrogen-bond acceptors (Lipinski definition) is 3. The zero-order valence-electron chi connectivity index (χ0n) is 9.50. The number of carbonyl (C=O) groups excluding carboxylic acids is 1. The van der Waals surface area contributed by atoms with Crippen LogP contribution in [0.1, 0.15) is 12.5 Å². The second-order valence-corrected chi connectivity index (χ2v) is 4.00. The lowest BCUT2D eigenvalue weighted by Gasteiger charge is -2.21. The molecule has 1 aromatic rings. The largest absolute Gasteiger partial charge is 0.309 e. The molecule has 1 aromatic heterocycles. The Kier molecular flexibility index (Phi) is 3.01. The van der Waals surface area contributed by atoms with Gasteiger partial charge in [0.2, 0.25) is 0 Å². The topological polar surface area (TPSA) is 54.0 Å². The molecule has 84 valence electrons. The Morgan fingerprint density at radius 1 is 1.50 bits per heavy atom. The molecule has 4 nitrogen and oxygen atoms in total. The summed E-state index contributed by atoms with van der Waals surface area (Å²) in [6, 6.07) is 3.76. The second kappa shape index (κ2) is 4.45. The lowest BCUT2D eigenvalue weighted by molar-refractivity contribution is -0.112. The molecule has 2 N–H and O–H groups in total. The van der Waals surface area contributed by atoms with E-state index in [1.165, 1.54) is 5.57 Å². The van der Waals surface area contributed by atoms with Crippen LogP contribution in [0.15, 0.2) is 29.5 Å². The Morgan fingerprint density at radius 3 is 2.81 bits per heavy atom. The highest BCUT2D eigenvalue weighted by molar-refractivity contribution is 6.03. The van der Waals surface area contributed by atoms with Gasteiger partial charge in [-0.2, -0.15) is 0 Å². The molecule has 0 spiro atoms. The molecule has 0 atom stereocenters. The zero-order valence-corrected chi connectivity index (χ0v) is 9.50. The van der Waals surface area contributed by atoms with Crippen molar-refractivity contribution in [3.63, 3.8) is 0 Å². The van der Waals surface area contributed by atoms with E-state index >= 15 is 0 Å². The number of aromatic nitrogens is 1. The van der Waals surface area contributed by atoms with E-state index in [9.17, 15) is 4.79 Å². The first-order chi connectivity index (χ1) is 7.66. The summed E-state index contributed by atoms with van der Waals surface area (Å²) in [5.41, 5.74) is 3.05. The summed E-state index contributed by atoms with van der Waals surface area (Å²) < 4.78 is 0. The van der Waals surface area contributed by atoms with E-state index in [1.54, 1.807) is 6.20 Å². The van der Waals surface area contributed by atoms with Crippen LogP contribution in [-0.2, 0) is 4.79 Å². The Morgan fingerprint density at radius 2 is 2.25 bits per heavy atom. The van der Waals surface area contributed by atoms with Gasteiger partial charge in [-0.05, 0) is 37.1 Å². The molecular formula is C12H15N3O. The highest BCUT2D eigenvalue weighted by Gasteiger charge is 2.16. The first-order valence-corrected chi connectivity index (χ1v) is 5.30. The summed E-state index contributed by atoms with van der Waals surface area (Å²) in [5.74, 6) is 0.548. The third-order valence-corrected chi connectivity index (χ3v) is 2.70. The molecule has 0 saturated carbocycles. The average molecular weight is 217 g/mol. The molecule has 0 aromatic carbocycles. The van der Waals surface area contributed by atoms with Crippen LogP contribution in [-0.4, -0.2) is 24.0 Å². The van der Waals surface area contributed by atoms with E-state index in [-0.39, 0.29) is 5.91 Å². The molecule has 1 fully saturated rings. The summed E-state index contributed by atoms with van der Waals surface area (Å²) in [4.78, 5) is 15.9. The van der Waals surface area contributed by atoms with E-state index in [2.05, 4.69) is 15.6 Å². The van der Waals surface area contributed by atoms with Gasteiger partial charge < -0.3 is 10.6 Å². The Bertz CT molecular complexity index is 445. The van der Waals surface area contributed by atoms with Gasteiger partial charge in [0.1, 0.15) is 5.82 Å². The van der Waals surface area contributed by atoms with Crippen LogP contribution < -0.4 is 10.6 Å². The minimum Gasteiger partial charge on any atom is -0.309 e. The van der Waals surface area contributed by atoms with Crippen molar-refractivity contribution in [2.75, 3.05) is 18.4 Å². The summed E-state index contributed by atoms with van der Waals surface area (Å²) in [6.45, 7) is 5.46. The molecule has 4 heteroatoms. The normalized spacial score (nSPS) is 14.2. The fourth-order valence-electron chi connectivity index (χ4n) is 1.49. The zero-order chi connectivity index (χ0) is 11.5. The van der Waals surface area contributed by atoms with Gasteiger partial charge in [0.15, 0.2) is 0 Å². The van der Waals surface area contributed by atoms with Gasteiger partial charge >= 0.3 is 0 Å². The summed E-state index contributed by atoms with van der Waals surface area (Å²) in [6.07, 6.45) is 1.69. The predicted molar refractivity (Wildman–Crippen MR) is 63.2 cm³/mol. The number of hydrogen-bond donors (Lipinski definition) is 2. The number of amides is 1. The SMILES string of the molecule is CC(C(=O)Nc1cc(C)ccn1)=C1CNC1. The molecular weight excluding hydrogens is 202 g/mol. The first-order valence-electron chi connectivity index (χ1n) is 5.30. The molecule has 1 saturated heterocycles. The fraction of sp³-hybridized carbons (Fsp3) is 0.333. The van der Waals surface area contributed by atoms with Gasteiger partial charge in [0.05, 0.1) is 0 Å². The van der Waals surface area contributed by atoms with Crippen molar-refractivity contribution in [3.05, 3.63) is 35.0 Å². The highest BCUT2D eigenvalue weighted by atomic mass is 16.1. The lowest BCUT2D eigenvalue weighted by atomic mass is 10.0. The van der Waals surface area contributed by atoms with Crippen molar-refractivity contribution in [3.8, 4) is 0 Å². The molecule has 1 amide bonds. The average Bonchev–Trinajstić information content (AvgIpc) is 2.14. The number of rotatable bonds is 2. The van der Waals surface area contributed by atoms with Crippen molar-refractivity contribution >= 4 is 11.7 Å². The summed E-state index contributed by atoms with van der Waals surface area (Å²) in [7, 11) is 0. The molecule has 1 aliphatic rings. The maximum Gasteiger partial charge on any atom is 0.252 e. The molecule has 0 radical (unpaired) electrons. The number of nitrogens with zero attached hydrogens (tertiary/aromatic N) is 1. The molecule has 16 heavy (non-hydrogen) atoms. The molecule has 0 aliphatic carbocycles. The Labute approximate surface area is 94.8 Å². The van der Waals surface area contributed by atoms with E-state index in [0.29, 0.717) is 5.82 Å². The lowest BCUT2D eigenvalue weighted by Crippen LogP contribution is -2.36. The van der Waals surface area contributed by atoms with Crippen molar-refractivity contribution in [1.29, 1.82) is 0 Å². The van der Waals surface area contributed by atoms with Crippen LogP contribution in [0.25, 0.3) is 0 Å². The number of anilines is 1. The second-order valence-electron chi connectivity index (χ2n) is 4.00. The third-order valence-electron chi connectivity index (χ3n) is 2.70. The molecule has 2 rings (SSSR count). The maximum absolute atomic E-state index is 11.8. The molecule has 1 aliphatic heterocycles. The summed E-state index contributed by atoms with van der Waals surface area (Å²) in [5, 5.41) is 5.91. The molecule has 0 bridgehead atoms. The van der Waals surface area contributed by atoms with E-state index in [4.69, 9.17) is 0 Å². The van der Waals surface area contributed by atoms with Gasteiger partial charge in [-0.3, -0.25) is 4.79 Å². The predicted octanol–water partition coefficient (Wildman–Crippen LogP) is 1.25. The van der Waals surface area contributed by atoms with Crippen LogP contribution >= 0.6 is 0 Å². The fourth-order valence-corrected chi connectivity index (χ4v) is 1.49. The van der Waals surface area contributed by atoms with Gasteiger partial charge in [-0.15, -0.1) is 0 Å². The Balaban J connectivity index is 2.07. The van der Waals surface area contributed by atoms with Crippen LogP contribution in [0, 0.1) is 6.92 Å². The maximum atomic E-state index is 11.8. The summed E-state index contributed by atoms with van der Waals surface area (Å²) >= 11 is 0. The van der Waals surface area contributed by atoms with E-state index in [0.717, 1.165) is 24.2 Å². The van der Waals surface area contributed by atoms with Crippen molar-refractivity contribution in [2.24, 2.45) is 0 Å². The highest BCUT2D eigenvalue weighted by Crippen LogP contribution is 2.12. The van der Waals surface area contributed by atoms with Crippen LogP contribution in [0.2, 0.25) is 0 Å². The van der Waals surface area contributed by atoms with Crippen molar-refractivity contribution in [1.82, 2.24) is 10.3 Å². The monoisotopic (exact) mass is 217 g/mol. The van der Waals surface area contributed by atoms with Gasteiger partial charge in [0, 0.05) is 24.9 Å². The smallest absolute Gasteiger partial charge is 0.252 e. The number of aryl methyl sites for hydroxylation is 1. The van der Waals surface area contributed by atoms with E-state index < -0.39 is 0 Å². The van der Waals surface area contributed by atoms with Gasteiger partial charge in [-0.25, -0.2) is 4.98 Å². The molecule has 0 unspecified atom stereocenters. The number of nitrogens with one attached hydrogen (secondary N) is 2. The number of carbonyl (C=O) groups is 1.